The predicted molar refractivity (Wildman–Crippen MR) is 98.6 cm³/mol. The van der Waals surface area contributed by atoms with Gasteiger partial charge in [0.1, 0.15) is 10.7 Å². The summed E-state index contributed by atoms with van der Waals surface area (Å²) in [6.45, 7) is 0. The van der Waals surface area contributed by atoms with Crippen molar-refractivity contribution in [3.63, 3.8) is 0 Å². The number of hydrogen-bond acceptors (Lipinski definition) is 4. The Morgan fingerprint density at radius 3 is 2.55 bits per heavy atom. The molecule has 0 spiro atoms. The average Bonchev–Trinajstić information content (AvgIpc) is 3.13. The van der Waals surface area contributed by atoms with Crippen LogP contribution in [0.15, 0.2) is 59.8 Å². The highest BCUT2D eigenvalue weighted by molar-refractivity contribution is 7.89. The van der Waals surface area contributed by atoms with Crippen LogP contribution in [-0.4, -0.2) is 24.1 Å². The number of hydrogen-bond donors (Lipinski definition) is 2. The fourth-order valence-corrected chi connectivity index (χ4v) is 3.35. The lowest BCUT2D eigenvalue weighted by atomic mass is 10.1. The number of carbonyl (C=O) groups is 1. The third-order valence-electron chi connectivity index (χ3n) is 3.96. The number of nitrogens with zero attached hydrogens (tertiary/aromatic N) is 2. The first-order valence-electron chi connectivity index (χ1n) is 8.18. The van der Waals surface area contributed by atoms with Crippen LogP contribution < -0.4 is 10.5 Å². The number of primary sulfonamides is 1. The number of amides is 1. The Hall–Kier alpha value is -3.18. The van der Waals surface area contributed by atoms with E-state index >= 15 is 0 Å². The third-order valence-corrected chi connectivity index (χ3v) is 4.90. The lowest BCUT2D eigenvalue weighted by Gasteiger charge is -2.11. The van der Waals surface area contributed by atoms with E-state index < -0.39 is 38.6 Å². The van der Waals surface area contributed by atoms with Crippen molar-refractivity contribution in [2.24, 2.45) is 5.14 Å². The normalized spacial score (nSPS) is 11.6. The van der Waals surface area contributed by atoms with Crippen LogP contribution in [0.4, 0.5) is 18.9 Å². The van der Waals surface area contributed by atoms with Crippen molar-refractivity contribution in [1.82, 2.24) is 9.78 Å². The molecule has 3 aromatic rings. The molecule has 152 valence electrons. The molecule has 0 aliphatic carbocycles. The van der Waals surface area contributed by atoms with Crippen molar-refractivity contribution >= 4 is 21.6 Å². The largest absolute Gasteiger partial charge is 0.326 e. The molecule has 0 saturated heterocycles. The van der Waals surface area contributed by atoms with Crippen LogP contribution in [0.2, 0.25) is 0 Å². The van der Waals surface area contributed by atoms with Gasteiger partial charge in [-0.1, -0.05) is 18.2 Å². The molecule has 0 fully saturated rings. The zero-order chi connectivity index (χ0) is 21.2. The molecule has 3 rings (SSSR count). The van der Waals surface area contributed by atoms with Gasteiger partial charge in [-0.05, 0) is 29.8 Å². The standard InChI is InChI=1S/C18H15F3N4O3S/c19-14-4-2-1-3-11(14)7-17(26)24-13-5-6-15(16(8-13)29(22,27)28)25-10-12(9-23-25)18(20)21/h1-6,8-10,18H,7H2,(H,24,26)(H2,22,27,28). The van der Waals surface area contributed by atoms with E-state index in [2.05, 4.69) is 10.4 Å². The molecule has 0 aliphatic heterocycles. The van der Waals surface area contributed by atoms with Gasteiger partial charge >= 0.3 is 0 Å². The zero-order valence-corrected chi connectivity index (χ0v) is 15.5. The number of nitrogens with two attached hydrogens (primary N) is 1. The van der Waals surface area contributed by atoms with Gasteiger partial charge < -0.3 is 5.32 Å². The van der Waals surface area contributed by atoms with Crippen LogP contribution in [0.25, 0.3) is 5.69 Å². The summed E-state index contributed by atoms with van der Waals surface area (Å²) in [6.07, 6.45) is -1.17. The second-order valence-electron chi connectivity index (χ2n) is 6.06. The first-order chi connectivity index (χ1) is 13.6. The van der Waals surface area contributed by atoms with Crippen molar-refractivity contribution in [2.45, 2.75) is 17.7 Å². The van der Waals surface area contributed by atoms with Gasteiger partial charge in [-0.15, -0.1) is 0 Å². The summed E-state index contributed by atoms with van der Waals surface area (Å²) >= 11 is 0. The van der Waals surface area contributed by atoms with Crippen LogP contribution in [0.3, 0.4) is 0 Å². The minimum absolute atomic E-state index is 0.0634. The fraction of sp³-hybridized carbons (Fsp3) is 0.111. The maximum Gasteiger partial charge on any atom is 0.266 e. The molecule has 1 heterocycles. The molecule has 1 amide bonds. The van der Waals surface area contributed by atoms with E-state index in [1.807, 2.05) is 0 Å². The van der Waals surface area contributed by atoms with Crippen LogP contribution in [0.1, 0.15) is 17.6 Å². The number of sulfonamides is 1. The minimum atomic E-state index is -4.28. The molecule has 0 aliphatic rings. The van der Waals surface area contributed by atoms with Gasteiger partial charge in [-0.3, -0.25) is 4.79 Å². The van der Waals surface area contributed by atoms with Crippen molar-refractivity contribution in [1.29, 1.82) is 0 Å². The second kappa shape index (κ2) is 8.05. The smallest absolute Gasteiger partial charge is 0.266 e. The van der Waals surface area contributed by atoms with E-state index in [0.29, 0.717) is 0 Å². The summed E-state index contributed by atoms with van der Waals surface area (Å²) in [5, 5.41) is 11.4. The Kier molecular flexibility index (Phi) is 5.71. The maximum absolute atomic E-state index is 13.7. The van der Waals surface area contributed by atoms with Gasteiger partial charge in [-0.2, -0.15) is 5.10 Å². The molecular weight excluding hydrogens is 409 g/mol. The minimum Gasteiger partial charge on any atom is -0.326 e. The first kappa shape index (κ1) is 20.6. The van der Waals surface area contributed by atoms with Crippen LogP contribution in [0, 0.1) is 5.82 Å². The topological polar surface area (TPSA) is 107 Å². The molecular formula is C18H15F3N4O3S. The van der Waals surface area contributed by atoms with Gasteiger partial charge in [0.25, 0.3) is 6.43 Å². The van der Waals surface area contributed by atoms with E-state index in [9.17, 15) is 26.4 Å². The number of carbonyl (C=O) groups excluding carboxylic acids is 1. The van der Waals surface area contributed by atoms with Crippen molar-refractivity contribution < 1.29 is 26.4 Å². The van der Waals surface area contributed by atoms with Gasteiger partial charge in [0.05, 0.1) is 23.9 Å². The van der Waals surface area contributed by atoms with E-state index in [1.54, 1.807) is 6.07 Å². The van der Waals surface area contributed by atoms with E-state index in [-0.39, 0.29) is 23.4 Å². The first-order valence-corrected chi connectivity index (χ1v) is 9.73. The number of aromatic nitrogens is 2. The third kappa shape index (κ3) is 4.81. The van der Waals surface area contributed by atoms with Crippen molar-refractivity contribution in [2.75, 3.05) is 5.32 Å². The lowest BCUT2D eigenvalue weighted by molar-refractivity contribution is -0.115. The number of anilines is 1. The van der Waals surface area contributed by atoms with Crippen LogP contribution in [-0.2, 0) is 21.2 Å². The summed E-state index contributed by atoms with van der Waals surface area (Å²) in [5.74, 6) is -1.13. The molecule has 0 bridgehead atoms. The highest BCUT2D eigenvalue weighted by atomic mass is 32.2. The molecule has 0 atom stereocenters. The molecule has 0 unspecified atom stereocenters. The zero-order valence-electron chi connectivity index (χ0n) is 14.7. The van der Waals surface area contributed by atoms with Gasteiger partial charge in [0.15, 0.2) is 0 Å². The van der Waals surface area contributed by atoms with Crippen LogP contribution >= 0.6 is 0 Å². The van der Waals surface area contributed by atoms with Gasteiger partial charge in [0.2, 0.25) is 15.9 Å². The lowest BCUT2D eigenvalue weighted by Crippen LogP contribution is -2.18. The molecule has 1 aromatic heterocycles. The van der Waals surface area contributed by atoms with Crippen LogP contribution in [0.5, 0.6) is 0 Å². The SMILES string of the molecule is NS(=O)(=O)c1cc(NC(=O)Cc2ccccc2F)ccc1-n1cc(C(F)F)cn1. The van der Waals surface area contributed by atoms with Crippen molar-refractivity contribution in [3.8, 4) is 5.69 Å². The highest BCUT2D eigenvalue weighted by Crippen LogP contribution is 2.25. The number of benzene rings is 2. The molecule has 11 heteroatoms. The predicted octanol–water partition coefficient (Wildman–Crippen LogP) is 2.78. The summed E-state index contributed by atoms with van der Waals surface area (Å²) in [4.78, 5) is 11.7. The molecule has 2 aromatic carbocycles. The Morgan fingerprint density at radius 2 is 1.93 bits per heavy atom. The monoisotopic (exact) mass is 424 g/mol. The van der Waals surface area contributed by atoms with E-state index in [1.165, 1.54) is 30.3 Å². The van der Waals surface area contributed by atoms with E-state index in [0.717, 1.165) is 23.1 Å². The van der Waals surface area contributed by atoms with Crippen molar-refractivity contribution in [3.05, 3.63) is 71.8 Å². The summed E-state index contributed by atoms with van der Waals surface area (Å²) in [6, 6.07) is 9.43. The van der Waals surface area contributed by atoms with E-state index in [4.69, 9.17) is 5.14 Å². The average molecular weight is 424 g/mol. The summed E-state index contributed by atoms with van der Waals surface area (Å²) in [5.41, 5.74) is -0.205. The van der Waals surface area contributed by atoms with Gasteiger partial charge in [-0.25, -0.2) is 31.4 Å². The molecule has 3 N–H and O–H groups in total. The van der Waals surface area contributed by atoms with Gasteiger partial charge in [0, 0.05) is 11.9 Å². The Balaban J connectivity index is 1.89. The molecule has 29 heavy (non-hydrogen) atoms. The Bertz CT molecular complexity index is 1160. The molecule has 0 saturated carbocycles. The Labute approximate surface area is 164 Å². The summed E-state index contributed by atoms with van der Waals surface area (Å²) < 4.78 is 64.1. The second-order valence-corrected chi connectivity index (χ2v) is 7.59. The molecule has 0 radical (unpaired) electrons. The maximum atomic E-state index is 13.7. The number of halogens is 3. The highest BCUT2D eigenvalue weighted by Gasteiger charge is 2.19. The summed E-state index contributed by atoms with van der Waals surface area (Å²) in [7, 11) is -4.28. The molecule has 7 nitrogen and oxygen atoms in total. The number of nitrogens with one attached hydrogen (secondary N) is 1. The fourth-order valence-electron chi connectivity index (χ4n) is 2.61. The number of rotatable bonds is 6. The Morgan fingerprint density at radius 1 is 1.21 bits per heavy atom. The number of alkyl halides is 2. The quantitative estimate of drug-likeness (QED) is 0.634.